The first kappa shape index (κ1) is 21.2. The number of rotatable bonds is 4. The average molecular weight is 452 g/mol. The second-order valence-electron chi connectivity index (χ2n) is 9.66. The Hall–Kier alpha value is -3.35. The number of aromatic nitrogens is 3. The summed E-state index contributed by atoms with van der Waals surface area (Å²) < 4.78 is 0. The molecule has 0 radical (unpaired) electrons. The molecule has 0 bridgehead atoms. The molecule has 1 aliphatic carbocycles. The van der Waals surface area contributed by atoms with E-state index in [9.17, 15) is 5.11 Å². The van der Waals surface area contributed by atoms with Gasteiger partial charge in [0.25, 0.3) is 0 Å². The summed E-state index contributed by atoms with van der Waals surface area (Å²) in [6.07, 6.45) is 6.55. The van der Waals surface area contributed by atoms with Crippen molar-refractivity contribution in [2.45, 2.75) is 43.7 Å². The molecule has 6 rings (SSSR count). The summed E-state index contributed by atoms with van der Waals surface area (Å²) in [6.45, 7) is 1.41. The summed E-state index contributed by atoms with van der Waals surface area (Å²) in [5.74, 6) is 0.627. The maximum absolute atomic E-state index is 10.1. The number of benzene rings is 2. The monoisotopic (exact) mass is 451 g/mol. The third kappa shape index (κ3) is 3.83. The molecule has 4 aromatic rings. The number of anilines is 1. The van der Waals surface area contributed by atoms with Gasteiger partial charge in [-0.25, -0.2) is 9.97 Å². The molecule has 34 heavy (non-hydrogen) atoms. The van der Waals surface area contributed by atoms with Gasteiger partial charge in [-0.05, 0) is 49.3 Å². The zero-order valence-electron chi connectivity index (χ0n) is 19.2. The largest absolute Gasteiger partial charge is 0.391 e. The first-order valence-electron chi connectivity index (χ1n) is 12.2. The average Bonchev–Trinajstić information content (AvgIpc) is 2.87. The number of nitrogens with two attached hydrogens (primary N) is 1. The van der Waals surface area contributed by atoms with Crippen LogP contribution in [0.1, 0.15) is 37.7 Å². The van der Waals surface area contributed by atoms with Crippen LogP contribution in [0.15, 0.2) is 66.9 Å². The normalized spacial score (nSPS) is 19.7. The Bertz CT molecular complexity index is 1320. The van der Waals surface area contributed by atoms with E-state index >= 15 is 0 Å². The maximum Gasteiger partial charge on any atom is 0.227 e. The van der Waals surface area contributed by atoms with Crippen molar-refractivity contribution in [1.29, 1.82) is 0 Å². The topological polar surface area (TPSA) is 88.2 Å². The molecule has 2 aromatic heterocycles. The number of fused-ring (bicyclic) bond motifs is 1. The Balaban J connectivity index is 1.46. The third-order valence-electron chi connectivity index (χ3n) is 7.30. The van der Waals surface area contributed by atoms with Crippen LogP contribution >= 0.6 is 0 Å². The summed E-state index contributed by atoms with van der Waals surface area (Å²) in [5.41, 5.74) is 12.3. The lowest BCUT2D eigenvalue weighted by Crippen LogP contribution is -2.43. The third-order valence-corrected chi connectivity index (χ3v) is 7.30. The van der Waals surface area contributed by atoms with Gasteiger partial charge in [-0.15, -0.1) is 0 Å². The van der Waals surface area contributed by atoms with E-state index < -0.39 is 0 Å². The van der Waals surface area contributed by atoms with Crippen molar-refractivity contribution in [3.05, 3.63) is 72.4 Å². The van der Waals surface area contributed by atoms with E-state index in [0.29, 0.717) is 18.1 Å². The molecule has 1 saturated heterocycles. The summed E-state index contributed by atoms with van der Waals surface area (Å²) in [5, 5.41) is 11.0. The fraction of sp³-hybridized carbons (Fsp3) is 0.321. The SMILES string of the molecule is NC1(c2ccc(-c3nc4nc(N5CCCC(O)C5)ncc4cc3-c3ccccc3)cc2)CCC1. The van der Waals surface area contributed by atoms with Gasteiger partial charge in [0, 0.05) is 41.3 Å². The van der Waals surface area contributed by atoms with E-state index in [2.05, 4.69) is 47.4 Å². The van der Waals surface area contributed by atoms with E-state index in [1.807, 2.05) is 29.3 Å². The summed E-state index contributed by atoms with van der Waals surface area (Å²) >= 11 is 0. The van der Waals surface area contributed by atoms with Crippen LogP contribution in [0.4, 0.5) is 5.95 Å². The standard InChI is InChI=1S/C28H29N5O/c29-28(13-5-14-28)22-11-9-20(10-12-22)25-24(19-6-2-1-3-7-19)16-21-17-30-27(32-26(21)31-25)33-15-4-8-23(34)18-33/h1-3,6-7,9-12,16-17,23,34H,4-5,8,13-15,18,29H2. The molecule has 2 aromatic carbocycles. The van der Waals surface area contributed by atoms with E-state index in [1.54, 1.807) is 0 Å². The van der Waals surface area contributed by atoms with E-state index in [1.165, 1.54) is 12.0 Å². The second kappa shape index (κ2) is 8.46. The fourth-order valence-corrected chi connectivity index (χ4v) is 5.11. The lowest BCUT2D eigenvalue weighted by Gasteiger charge is -2.38. The van der Waals surface area contributed by atoms with Gasteiger partial charge in [-0.3, -0.25) is 0 Å². The predicted molar refractivity (Wildman–Crippen MR) is 135 cm³/mol. The van der Waals surface area contributed by atoms with Crippen molar-refractivity contribution in [1.82, 2.24) is 15.0 Å². The smallest absolute Gasteiger partial charge is 0.227 e. The highest BCUT2D eigenvalue weighted by molar-refractivity contribution is 5.90. The van der Waals surface area contributed by atoms with Crippen LogP contribution in [0.25, 0.3) is 33.4 Å². The highest BCUT2D eigenvalue weighted by atomic mass is 16.3. The van der Waals surface area contributed by atoms with Gasteiger partial charge < -0.3 is 15.7 Å². The molecule has 3 heterocycles. The van der Waals surface area contributed by atoms with Gasteiger partial charge in [0.2, 0.25) is 5.95 Å². The molecule has 1 saturated carbocycles. The molecule has 2 aliphatic rings. The number of piperidine rings is 1. The molecule has 1 atom stereocenters. The number of hydrogen-bond donors (Lipinski definition) is 2. The van der Waals surface area contributed by atoms with Crippen LogP contribution in [-0.4, -0.2) is 39.3 Å². The van der Waals surface area contributed by atoms with E-state index in [0.717, 1.165) is 60.0 Å². The Kier molecular flexibility index (Phi) is 5.27. The van der Waals surface area contributed by atoms with Crippen molar-refractivity contribution in [2.75, 3.05) is 18.0 Å². The van der Waals surface area contributed by atoms with Crippen LogP contribution < -0.4 is 10.6 Å². The van der Waals surface area contributed by atoms with Crippen molar-refractivity contribution in [3.63, 3.8) is 0 Å². The number of hydrogen-bond acceptors (Lipinski definition) is 6. The van der Waals surface area contributed by atoms with Crippen molar-refractivity contribution < 1.29 is 5.11 Å². The van der Waals surface area contributed by atoms with Gasteiger partial charge in [-0.2, -0.15) is 4.98 Å². The quantitative estimate of drug-likeness (QED) is 0.469. The minimum Gasteiger partial charge on any atom is -0.391 e. The molecule has 6 nitrogen and oxygen atoms in total. The zero-order chi connectivity index (χ0) is 23.1. The van der Waals surface area contributed by atoms with E-state index in [4.69, 9.17) is 15.7 Å². The Labute approximate surface area is 199 Å². The number of aliphatic hydroxyl groups is 1. The van der Waals surface area contributed by atoms with Crippen molar-refractivity contribution >= 4 is 17.0 Å². The van der Waals surface area contributed by atoms with Crippen LogP contribution in [0.2, 0.25) is 0 Å². The molecular weight excluding hydrogens is 422 g/mol. The van der Waals surface area contributed by atoms with Crippen LogP contribution in [0.3, 0.4) is 0 Å². The minimum atomic E-state index is -0.336. The maximum atomic E-state index is 10.1. The lowest BCUT2D eigenvalue weighted by molar-refractivity contribution is 0.153. The summed E-state index contributed by atoms with van der Waals surface area (Å²) in [7, 11) is 0. The van der Waals surface area contributed by atoms with E-state index in [-0.39, 0.29) is 11.6 Å². The molecule has 3 N–H and O–H groups in total. The first-order valence-corrected chi connectivity index (χ1v) is 12.2. The number of aliphatic hydroxyl groups excluding tert-OH is 1. The van der Waals surface area contributed by atoms with Crippen LogP contribution in [0.5, 0.6) is 0 Å². The minimum absolute atomic E-state index is 0.182. The molecule has 0 spiro atoms. The molecule has 2 fully saturated rings. The van der Waals surface area contributed by atoms with Gasteiger partial charge in [0.15, 0.2) is 5.65 Å². The first-order chi connectivity index (χ1) is 16.6. The Morgan fingerprint density at radius 3 is 2.44 bits per heavy atom. The summed E-state index contributed by atoms with van der Waals surface area (Å²) in [4.78, 5) is 16.5. The number of pyridine rings is 1. The Morgan fingerprint density at radius 1 is 0.941 bits per heavy atom. The second-order valence-corrected chi connectivity index (χ2v) is 9.66. The molecule has 1 aliphatic heterocycles. The number of nitrogens with zero attached hydrogens (tertiary/aromatic N) is 4. The van der Waals surface area contributed by atoms with Gasteiger partial charge >= 0.3 is 0 Å². The molecule has 1 unspecified atom stereocenters. The van der Waals surface area contributed by atoms with Gasteiger partial charge in [-0.1, -0.05) is 54.6 Å². The zero-order valence-corrected chi connectivity index (χ0v) is 19.2. The van der Waals surface area contributed by atoms with Crippen LogP contribution in [-0.2, 0) is 5.54 Å². The number of β-amino-alcohol motifs (C(OH)–C–C–N with tert-alkyl or cyclic N) is 1. The summed E-state index contributed by atoms with van der Waals surface area (Å²) in [6, 6.07) is 21.0. The predicted octanol–water partition coefficient (Wildman–Crippen LogP) is 4.66. The van der Waals surface area contributed by atoms with Crippen LogP contribution in [0, 0.1) is 0 Å². The molecule has 6 heteroatoms. The van der Waals surface area contributed by atoms with Crippen molar-refractivity contribution in [3.8, 4) is 22.4 Å². The lowest BCUT2D eigenvalue weighted by atomic mass is 9.72. The van der Waals surface area contributed by atoms with Gasteiger partial charge in [0.05, 0.1) is 11.8 Å². The molecule has 0 amide bonds. The molecule has 172 valence electrons. The van der Waals surface area contributed by atoms with Crippen molar-refractivity contribution in [2.24, 2.45) is 5.73 Å². The molecular formula is C28H29N5O. The fourth-order valence-electron chi connectivity index (χ4n) is 5.11. The highest BCUT2D eigenvalue weighted by Crippen LogP contribution is 2.40. The highest BCUT2D eigenvalue weighted by Gasteiger charge is 2.34. The Morgan fingerprint density at radius 2 is 1.74 bits per heavy atom. The van der Waals surface area contributed by atoms with Gasteiger partial charge in [0.1, 0.15) is 0 Å².